The highest BCUT2D eigenvalue weighted by molar-refractivity contribution is 5.92. The number of methoxy groups -OCH3 is 1. The van der Waals surface area contributed by atoms with E-state index in [1.54, 1.807) is 36.4 Å². The van der Waals surface area contributed by atoms with E-state index >= 15 is 0 Å². The van der Waals surface area contributed by atoms with E-state index in [0.29, 0.717) is 22.9 Å². The second-order valence-electron chi connectivity index (χ2n) is 3.51. The van der Waals surface area contributed by atoms with Crippen LogP contribution in [-0.2, 0) is 4.74 Å². The monoisotopic (exact) mass is 244 g/mol. The summed E-state index contributed by atoms with van der Waals surface area (Å²) in [5, 5.41) is 0. The van der Waals surface area contributed by atoms with Crippen LogP contribution in [0.1, 0.15) is 10.4 Å². The van der Waals surface area contributed by atoms with Crippen molar-refractivity contribution < 1.29 is 14.3 Å². The minimum Gasteiger partial charge on any atom is -0.465 e. The van der Waals surface area contributed by atoms with Crippen molar-refractivity contribution in [2.75, 3.05) is 12.8 Å². The largest absolute Gasteiger partial charge is 0.465 e. The molecule has 1 aromatic heterocycles. The average molecular weight is 244 g/mol. The summed E-state index contributed by atoms with van der Waals surface area (Å²) >= 11 is 0. The van der Waals surface area contributed by atoms with Crippen molar-refractivity contribution in [3.63, 3.8) is 0 Å². The molecule has 0 aliphatic heterocycles. The number of nitrogen functional groups attached to an aromatic ring is 1. The number of hydrogen-bond acceptors (Lipinski definition) is 5. The summed E-state index contributed by atoms with van der Waals surface area (Å²) < 4.78 is 10.2. The molecule has 0 spiro atoms. The number of aromatic nitrogens is 1. The summed E-state index contributed by atoms with van der Waals surface area (Å²) in [5.41, 5.74) is 5.84. The molecule has 0 amide bonds. The van der Waals surface area contributed by atoms with E-state index in [4.69, 9.17) is 10.5 Å². The SMILES string of the molecule is COC(=O)c1ccccc1Oc1ccc(N)nc1. The first kappa shape index (κ1) is 11.9. The molecule has 2 aromatic rings. The molecule has 2 N–H and O–H groups in total. The molecule has 5 nitrogen and oxygen atoms in total. The molecule has 0 atom stereocenters. The third-order valence-corrected chi connectivity index (χ3v) is 2.28. The van der Waals surface area contributed by atoms with E-state index in [9.17, 15) is 4.79 Å². The fourth-order valence-corrected chi connectivity index (χ4v) is 1.41. The van der Waals surface area contributed by atoms with Crippen LogP contribution in [0.3, 0.4) is 0 Å². The third kappa shape index (κ3) is 2.57. The van der Waals surface area contributed by atoms with Crippen LogP contribution in [0.2, 0.25) is 0 Å². The van der Waals surface area contributed by atoms with Gasteiger partial charge >= 0.3 is 5.97 Å². The Hall–Kier alpha value is -2.56. The molecule has 18 heavy (non-hydrogen) atoms. The highest BCUT2D eigenvalue weighted by atomic mass is 16.5. The van der Waals surface area contributed by atoms with Crippen LogP contribution < -0.4 is 10.5 Å². The Morgan fingerprint density at radius 2 is 2.00 bits per heavy atom. The van der Waals surface area contributed by atoms with Gasteiger partial charge < -0.3 is 15.2 Å². The lowest BCUT2D eigenvalue weighted by Gasteiger charge is -2.09. The topological polar surface area (TPSA) is 74.4 Å². The maximum absolute atomic E-state index is 11.5. The van der Waals surface area contributed by atoms with Crippen molar-refractivity contribution in [3.8, 4) is 11.5 Å². The predicted octanol–water partition coefficient (Wildman–Crippen LogP) is 2.24. The van der Waals surface area contributed by atoms with Gasteiger partial charge in [-0.05, 0) is 24.3 Å². The van der Waals surface area contributed by atoms with Crippen LogP contribution in [0.5, 0.6) is 11.5 Å². The van der Waals surface area contributed by atoms with Crippen LogP contribution in [-0.4, -0.2) is 18.1 Å². The highest BCUT2D eigenvalue weighted by Gasteiger charge is 2.12. The number of esters is 1. The molecule has 0 saturated carbocycles. The average Bonchev–Trinajstić information content (AvgIpc) is 2.41. The number of carbonyl (C=O) groups is 1. The van der Waals surface area contributed by atoms with E-state index in [0.717, 1.165) is 0 Å². The summed E-state index contributed by atoms with van der Waals surface area (Å²) in [6.45, 7) is 0. The Bertz CT molecular complexity index is 552. The number of benzene rings is 1. The first-order valence-corrected chi connectivity index (χ1v) is 5.27. The van der Waals surface area contributed by atoms with Crippen LogP contribution in [0.15, 0.2) is 42.6 Å². The molecule has 0 bridgehead atoms. The second-order valence-corrected chi connectivity index (χ2v) is 3.51. The van der Waals surface area contributed by atoms with Gasteiger partial charge in [0, 0.05) is 0 Å². The van der Waals surface area contributed by atoms with Crippen LogP contribution in [0.25, 0.3) is 0 Å². The molecule has 0 unspecified atom stereocenters. The van der Waals surface area contributed by atoms with Gasteiger partial charge in [0.1, 0.15) is 22.9 Å². The smallest absolute Gasteiger partial charge is 0.341 e. The lowest BCUT2D eigenvalue weighted by atomic mass is 10.2. The van der Waals surface area contributed by atoms with Crippen molar-refractivity contribution in [3.05, 3.63) is 48.2 Å². The molecular weight excluding hydrogens is 232 g/mol. The summed E-state index contributed by atoms with van der Waals surface area (Å²) in [4.78, 5) is 15.4. The first-order valence-electron chi connectivity index (χ1n) is 5.27. The summed E-state index contributed by atoms with van der Waals surface area (Å²) in [7, 11) is 1.32. The predicted molar refractivity (Wildman–Crippen MR) is 66.5 cm³/mol. The van der Waals surface area contributed by atoms with Gasteiger partial charge in [-0.25, -0.2) is 9.78 Å². The number of ether oxygens (including phenoxy) is 2. The Kier molecular flexibility index (Phi) is 3.43. The zero-order valence-corrected chi connectivity index (χ0v) is 9.79. The quantitative estimate of drug-likeness (QED) is 0.838. The molecule has 2 rings (SSSR count). The highest BCUT2D eigenvalue weighted by Crippen LogP contribution is 2.25. The molecule has 0 aliphatic rings. The maximum Gasteiger partial charge on any atom is 0.341 e. The Morgan fingerprint density at radius 1 is 1.22 bits per heavy atom. The summed E-state index contributed by atoms with van der Waals surface area (Å²) in [6, 6.07) is 10.1. The molecule has 1 aromatic carbocycles. The standard InChI is InChI=1S/C13H12N2O3/c1-17-13(16)10-4-2-3-5-11(10)18-9-6-7-12(14)15-8-9/h2-8H,1H3,(H2,14,15). The van der Waals surface area contributed by atoms with Crippen LogP contribution >= 0.6 is 0 Å². The van der Waals surface area contributed by atoms with Crippen molar-refractivity contribution in [2.24, 2.45) is 0 Å². The number of carbonyl (C=O) groups excluding carboxylic acids is 1. The minimum absolute atomic E-state index is 0.358. The molecule has 0 radical (unpaired) electrons. The van der Waals surface area contributed by atoms with Gasteiger partial charge in [0.05, 0.1) is 13.3 Å². The lowest BCUT2D eigenvalue weighted by molar-refractivity contribution is 0.0598. The van der Waals surface area contributed by atoms with Crippen molar-refractivity contribution in [1.82, 2.24) is 4.98 Å². The molecule has 5 heteroatoms. The molecule has 0 saturated heterocycles. The molecule has 92 valence electrons. The summed E-state index contributed by atoms with van der Waals surface area (Å²) in [5.74, 6) is 0.870. The van der Waals surface area contributed by atoms with Crippen LogP contribution in [0.4, 0.5) is 5.82 Å². The first-order chi connectivity index (χ1) is 8.70. The van der Waals surface area contributed by atoms with Gasteiger partial charge in [0.2, 0.25) is 0 Å². The van der Waals surface area contributed by atoms with Gasteiger partial charge in [0.15, 0.2) is 0 Å². The van der Waals surface area contributed by atoms with Gasteiger partial charge in [-0.1, -0.05) is 12.1 Å². The molecule has 0 aliphatic carbocycles. The van der Waals surface area contributed by atoms with E-state index in [1.165, 1.54) is 13.3 Å². The second kappa shape index (κ2) is 5.18. The minimum atomic E-state index is -0.450. The van der Waals surface area contributed by atoms with Gasteiger partial charge in [-0.2, -0.15) is 0 Å². The van der Waals surface area contributed by atoms with Gasteiger partial charge in [0.25, 0.3) is 0 Å². The lowest BCUT2D eigenvalue weighted by Crippen LogP contribution is -2.03. The van der Waals surface area contributed by atoms with Gasteiger partial charge in [-0.15, -0.1) is 0 Å². The maximum atomic E-state index is 11.5. The van der Waals surface area contributed by atoms with Crippen molar-refractivity contribution >= 4 is 11.8 Å². The number of pyridine rings is 1. The number of rotatable bonds is 3. The Morgan fingerprint density at radius 3 is 2.67 bits per heavy atom. The van der Waals surface area contributed by atoms with Gasteiger partial charge in [-0.3, -0.25) is 0 Å². The van der Waals surface area contributed by atoms with E-state index in [1.807, 2.05) is 0 Å². The number of nitrogens with two attached hydrogens (primary N) is 1. The number of anilines is 1. The van der Waals surface area contributed by atoms with E-state index in [-0.39, 0.29) is 0 Å². The molecular formula is C13H12N2O3. The third-order valence-electron chi connectivity index (χ3n) is 2.28. The molecule has 0 fully saturated rings. The number of hydrogen-bond donors (Lipinski definition) is 1. The fraction of sp³-hybridized carbons (Fsp3) is 0.0769. The van der Waals surface area contributed by atoms with E-state index in [2.05, 4.69) is 9.72 Å². The Labute approximate surface area is 104 Å². The summed E-state index contributed by atoms with van der Waals surface area (Å²) in [6.07, 6.45) is 1.49. The van der Waals surface area contributed by atoms with Crippen molar-refractivity contribution in [1.29, 1.82) is 0 Å². The number of para-hydroxylation sites is 1. The zero-order chi connectivity index (χ0) is 13.0. The Balaban J connectivity index is 2.28. The van der Waals surface area contributed by atoms with Crippen molar-refractivity contribution in [2.45, 2.75) is 0 Å². The normalized spacial score (nSPS) is 9.83. The zero-order valence-electron chi connectivity index (χ0n) is 9.79. The number of nitrogens with zero attached hydrogens (tertiary/aromatic N) is 1. The molecule has 1 heterocycles. The van der Waals surface area contributed by atoms with Crippen LogP contribution in [0, 0.1) is 0 Å². The fourth-order valence-electron chi connectivity index (χ4n) is 1.41. The van der Waals surface area contributed by atoms with E-state index < -0.39 is 5.97 Å².